The summed E-state index contributed by atoms with van der Waals surface area (Å²) in [6.07, 6.45) is 0.715. The number of nitrogens with zero attached hydrogens (tertiary/aromatic N) is 1. The molecule has 0 aromatic heterocycles. The minimum Gasteiger partial charge on any atom is -0.454 e. The van der Waals surface area contributed by atoms with Crippen molar-refractivity contribution in [2.45, 2.75) is 6.42 Å². The van der Waals surface area contributed by atoms with Crippen molar-refractivity contribution in [3.8, 4) is 17.6 Å². The third-order valence-electron chi connectivity index (χ3n) is 1.88. The number of rotatable bonds is 1. The van der Waals surface area contributed by atoms with Gasteiger partial charge in [0.25, 0.3) is 13.1 Å². The molecule has 13 heavy (non-hydrogen) atoms. The van der Waals surface area contributed by atoms with Crippen molar-refractivity contribution in [3.05, 3.63) is 28.6 Å². The lowest BCUT2D eigenvalue weighted by Gasteiger charge is -1.96. The molecule has 0 saturated heterocycles. The van der Waals surface area contributed by atoms with Crippen molar-refractivity contribution >= 4 is 0 Å². The van der Waals surface area contributed by atoms with Crippen LogP contribution in [0.5, 0.6) is 11.5 Å². The highest BCUT2D eigenvalue weighted by Gasteiger charge is 2.12. The molecule has 3 heteroatoms. The van der Waals surface area contributed by atoms with E-state index in [4.69, 9.17) is 9.47 Å². The second-order valence-electron chi connectivity index (χ2n) is 2.75. The molecule has 0 spiro atoms. The van der Waals surface area contributed by atoms with Crippen LogP contribution in [0.15, 0.2) is 18.2 Å². The maximum absolute atomic E-state index is 5.24. The SMILES string of the molecule is C[N+]#CCc1ccc2c(c1)OCO2. The molecule has 3 nitrogen and oxygen atoms in total. The van der Waals surface area contributed by atoms with Crippen LogP contribution in [0.4, 0.5) is 0 Å². The molecule has 0 atom stereocenters. The van der Waals surface area contributed by atoms with Crippen molar-refractivity contribution in [1.29, 1.82) is 0 Å². The van der Waals surface area contributed by atoms with E-state index in [1.165, 1.54) is 0 Å². The molecule has 0 aliphatic carbocycles. The lowest BCUT2D eigenvalue weighted by molar-refractivity contribution is 0.174. The van der Waals surface area contributed by atoms with Gasteiger partial charge in [-0.3, -0.25) is 0 Å². The van der Waals surface area contributed by atoms with Crippen LogP contribution in [-0.4, -0.2) is 13.8 Å². The quantitative estimate of drug-likeness (QED) is 0.652. The maximum atomic E-state index is 5.24. The van der Waals surface area contributed by atoms with Gasteiger partial charge in [-0.05, 0) is 17.7 Å². The predicted molar refractivity (Wildman–Crippen MR) is 49.4 cm³/mol. The Morgan fingerprint density at radius 3 is 3.08 bits per heavy atom. The van der Waals surface area contributed by atoms with Gasteiger partial charge in [0.1, 0.15) is 6.42 Å². The van der Waals surface area contributed by atoms with Gasteiger partial charge in [-0.15, -0.1) is 0 Å². The Kier molecular flexibility index (Phi) is 2.05. The number of benzene rings is 1. The largest absolute Gasteiger partial charge is 0.454 e. The Morgan fingerprint density at radius 2 is 2.23 bits per heavy atom. The van der Waals surface area contributed by atoms with Crippen molar-refractivity contribution in [2.75, 3.05) is 13.8 Å². The minimum atomic E-state index is 0.324. The lowest BCUT2D eigenvalue weighted by Crippen LogP contribution is -1.92. The van der Waals surface area contributed by atoms with Crippen molar-refractivity contribution in [1.82, 2.24) is 0 Å². The molecule has 0 saturated carbocycles. The molecule has 0 radical (unpaired) electrons. The van der Waals surface area contributed by atoms with Gasteiger partial charge in [0.15, 0.2) is 11.5 Å². The molecule has 1 aliphatic heterocycles. The van der Waals surface area contributed by atoms with E-state index in [-0.39, 0.29) is 0 Å². The minimum absolute atomic E-state index is 0.324. The number of hydrogen-bond acceptors (Lipinski definition) is 2. The van der Waals surface area contributed by atoms with Crippen molar-refractivity contribution in [2.24, 2.45) is 0 Å². The molecule has 1 aromatic rings. The van der Waals surface area contributed by atoms with Gasteiger partial charge in [-0.1, -0.05) is 10.9 Å². The molecule has 0 fully saturated rings. The van der Waals surface area contributed by atoms with Crippen molar-refractivity contribution < 1.29 is 9.47 Å². The van der Waals surface area contributed by atoms with Crippen LogP contribution in [0.3, 0.4) is 0 Å². The topological polar surface area (TPSA) is 22.8 Å². The molecule has 0 unspecified atom stereocenters. The fraction of sp³-hybridized carbons (Fsp3) is 0.300. The van der Waals surface area contributed by atoms with Gasteiger partial charge in [0, 0.05) is 0 Å². The van der Waals surface area contributed by atoms with Crippen LogP contribution in [-0.2, 0) is 6.42 Å². The van der Waals surface area contributed by atoms with Crippen LogP contribution in [0, 0.1) is 6.07 Å². The average Bonchev–Trinajstić information content (AvgIpc) is 2.61. The zero-order valence-electron chi connectivity index (χ0n) is 7.41. The first-order valence-corrected chi connectivity index (χ1v) is 4.10. The van der Waals surface area contributed by atoms with Gasteiger partial charge < -0.3 is 9.47 Å². The number of ether oxygens (including phenoxy) is 2. The zero-order valence-corrected chi connectivity index (χ0v) is 7.41. The summed E-state index contributed by atoms with van der Waals surface area (Å²) in [5.41, 5.74) is 1.13. The highest BCUT2D eigenvalue weighted by atomic mass is 16.7. The van der Waals surface area contributed by atoms with Crippen LogP contribution in [0.1, 0.15) is 5.56 Å². The normalized spacial score (nSPS) is 12.1. The Hall–Kier alpha value is -1.69. The van der Waals surface area contributed by atoms with Crippen molar-refractivity contribution in [3.63, 3.8) is 0 Å². The highest BCUT2D eigenvalue weighted by molar-refractivity contribution is 5.45. The zero-order chi connectivity index (χ0) is 9.10. The van der Waals surface area contributed by atoms with E-state index in [0.29, 0.717) is 13.2 Å². The Labute approximate surface area is 76.7 Å². The molecule has 1 aromatic carbocycles. The highest BCUT2D eigenvalue weighted by Crippen LogP contribution is 2.32. The first kappa shape index (κ1) is 7.93. The summed E-state index contributed by atoms with van der Waals surface area (Å²) in [6.45, 7) is 0.324. The van der Waals surface area contributed by atoms with Crippen LogP contribution in [0.25, 0.3) is 4.85 Å². The molecular weight excluding hydrogens is 166 g/mol. The van der Waals surface area contributed by atoms with Gasteiger partial charge in [-0.25, -0.2) is 0 Å². The van der Waals surface area contributed by atoms with E-state index >= 15 is 0 Å². The van der Waals surface area contributed by atoms with Crippen LogP contribution >= 0.6 is 0 Å². The van der Waals surface area contributed by atoms with Gasteiger partial charge in [0.05, 0.1) is 0 Å². The Bertz CT molecular complexity index is 376. The second-order valence-corrected chi connectivity index (χ2v) is 2.75. The molecule has 2 rings (SSSR count). The van der Waals surface area contributed by atoms with E-state index < -0.39 is 0 Å². The molecule has 66 valence electrons. The van der Waals surface area contributed by atoms with E-state index in [1.807, 2.05) is 18.2 Å². The standard InChI is InChI=1S/C10H10NO2/c1-11-5-4-8-2-3-9-10(6-8)13-7-12-9/h2-3,6H,4,7H2,1H3/q+1. The summed E-state index contributed by atoms with van der Waals surface area (Å²) in [5.74, 6) is 1.63. The van der Waals surface area contributed by atoms with Gasteiger partial charge in [0.2, 0.25) is 6.79 Å². The lowest BCUT2D eigenvalue weighted by atomic mass is 10.1. The summed E-state index contributed by atoms with van der Waals surface area (Å²) in [7, 11) is 1.72. The summed E-state index contributed by atoms with van der Waals surface area (Å²) < 4.78 is 10.4. The third kappa shape index (κ3) is 1.57. The smallest absolute Gasteiger partial charge is 0.277 e. The van der Waals surface area contributed by atoms with E-state index in [9.17, 15) is 0 Å². The van der Waals surface area contributed by atoms with E-state index in [0.717, 1.165) is 17.1 Å². The average molecular weight is 176 g/mol. The molecule has 0 amide bonds. The first-order chi connectivity index (χ1) is 6.40. The molecule has 1 heterocycles. The Balaban J connectivity index is 2.24. The van der Waals surface area contributed by atoms with Gasteiger partial charge in [-0.2, -0.15) is 0 Å². The summed E-state index contributed by atoms with van der Waals surface area (Å²) in [6, 6.07) is 8.75. The summed E-state index contributed by atoms with van der Waals surface area (Å²) in [4.78, 5) is 3.80. The maximum Gasteiger partial charge on any atom is 0.277 e. The molecule has 0 N–H and O–H groups in total. The summed E-state index contributed by atoms with van der Waals surface area (Å²) in [5, 5.41) is 0. The first-order valence-electron chi connectivity index (χ1n) is 4.10. The molecule has 1 aliphatic rings. The molecule has 0 bridgehead atoms. The van der Waals surface area contributed by atoms with E-state index in [2.05, 4.69) is 10.9 Å². The van der Waals surface area contributed by atoms with Crippen LogP contribution in [0.2, 0.25) is 0 Å². The molecular formula is C10H10NO2+. The number of hydrogen-bond donors (Lipinski definition) is 0. The van der Waals surface area contributed by atoms with Gasteiger partial charge >= 0.3 is 0 Å². The fourth-order valence-electron chi connectivity index (χ4n) is 1.22. The monoisotopic (exact) mass is 176 g/mol. The predicted octanol–water partition coefficient (Wildman–Crippen LogP) is 1.92. The summed E-state index contributed by atoms with van der Waals surface area (Å²) >= 11 is 0. The third-order valence-corrected chi connectivity index (χ3v) is 1.88. The van der Waals surface area contributed by atoms with Crippen LogP contribution < -0.4 is 9.47 Å². The van der Waals surface area contributed by atoms with E-state index in [1.54, 1.807) is 7.05 Å². The fourth-order valence-corrected chi connectivity index (χ4v) is 1.22. The number of fused-ring (bicyclic) bond motifs is 1. The second kappa shape index (κ2) is 3.36. The Morgan fingerprint density at radius 1 is 1.38 bits per heavy atom.